The van der Waals surface area contributed by atoms with E-state index in [2.05, 4.69) is 45.3 Å². The van der Waals surface area contributed by atoms with Crippen molar-refractivity contribution in [2.45, 2.75) is 13.0 Å². The molecule has 0 aliphatic heterocycles. The number of pyridine rings is 1. The third kappa shape index (κ3) is 2.85. The number of hydrogen-bond acceptors (Lipinski definition) is 3. The lowest BCUT2D eigenvalue weighted by molar-refractivity contribution is 0.885. The van der Waals surface area contributed by atoms with E-state index < -0.39 is 0 Å². The highest BCUT2D eigenvalue weighted by atomic mass is 79.9. The lowest BCUT2D eigenvalue weighted by Gasteiger charge is -2.18. The molecule has 0 saturated heterocycles. The van der Waals surface area contributed by atoms with Gasteiger partial charge in [-0.25, -0.2) is 0 Å². The average Bonchev–Trinajstić information content (AvgIpc) is 2.51. The summed E-state index contributed by atoms with van der Waals surface area (Å²) in [5.74, 6) is 0. The molecule has 0 spiro atoms. The minimum Gasteiger partial charge on any atom is -0.397 e. The topological polar surface area (TPSA) is 50.9 Å². The van der Waals surface area contributed by atoms with E-state index in [1.54, 1.807) is 6.20 Å². The molecule has 2 aromatic carbocycles. The Morgan fingerprint density at radius 3 is 2.62 bits per heavy atom. The molecule has 1 unspecified atom stereocenters. The molecular formula is C17H16BrN3. The Morgan fingerprint density at radius 1 is 1.10 bits per heavy atom. The third-order valence-corrected chi connectivity index (χ3v) is 4.10. The standard InChI is InChI=1S/C17H16BrN3/c1-11(12-4-6-13(18)7-5-12)21-16-9-8-15-14(17(16)19)3-2-10-20-15/h2-11,21H,19H2,1H3. The SMILES string of the molecule is CC(Nc1ccc2ncccc2c1N)c1ccc(Br)cc1. The molecule has 3 aromatic rings. The van der Waals surface area contributed by atoms with Crippen molar-refractivity contribution >= 4 is 38.2 Å². The molecule has 1 heterocycles. The fourth-order valence-electron chi connectivity index (χ4n) is 2.37. The van der Waals surface area contributed by atoms with E-state index >= 15 is 0 Å². The van der Waals surface area contributed by atoms with Crippen LogP contribution in [0.1, 0.15) is 18.5 Å². The minimum absolute atomic E-state index is 0.175. The van der Waals surface area contributed by atoms with Crippen LogP contribution in [0.5, 0.6) is 0 Å². The Kier molecular flexibility index (Phi) is 3.80. The summed E-state index contributed by atoms with van der Waals surface area (Å²) in [6, 6.07) is 16.3. The zero-order valence-corrected chi connectivity index (χ0v) is 13.3. The average molecular weight is 342 g/mol. The second-order valence-corrected chi connectivity index (χ2v) is 5.93. The van der Waals surface area contributed by atoms with Crippen molar-refractivity contribution in [2.24, 2.45) is 0 Å². The fraction of sp³-hybridized carbons (Fsp3) is 0.118. The Morgan fingerprint density at radius 2 is 1.86 bits per heavy atom. The summed E-state index contributed by atoms with van der Waals surface area (Å²) in [5, 5.41) is 4.45. The molecule has 3 nitrogen and oxygen atoms in total. The second-order valence-electron chi connectivity index (χ2n) is 5.01. The molecule has 1 atom stereocenters. The van der Waals surface area contributed by atoms with Gasteiger partial charge in [0.15, 0.2) is 0 Å². The molecule has 4 heteroatoms. The highest BCUT2D eigenvalue weighted by Gasteiger charge is 2.09. The van der Waals surface area contributed by atoms with Crippen molar-refractivity contribution in [1.29, 1.82) is 0 Å². The molecule has 0 aliphatic carbocycles. The van der Waals surface area contributed by atoms with Gasteiger partial charge in [-0.1, -0.05) is 28.1 Å². The van der Waals surface area contributed by atoms with Crippen molar-refractivity contribution in [3.8, 4) is 0 Å². The number of anilines is 2. The highest BCUT2D eigenvalue weighted by Crippen LogP contribution is 2.30. The van der Waals surface area contributed by atoms with Crippen LogP contribution in [0.2, 0.25) is 0 Å². The molecule has 3 rings (SSSR count). The van der Waals surface area contributed by atoms with Gasteiger partial charge in [0, 0.05) is 22.1 Å². The Balaban J connectivity index is 1.91. The normalized spacial score (nSPS) is 12.3. The summed E-state index contributed by atoms with van der Waals surface area (Å²) < 4.78 is 1.08. The maximum Gasteiger partial charge on any atom is 0.0724 e. The van der Waals surface area contributed by atoms with Gasteiger partial charge >= 0.3 is 0 Å². The smallest absolute Gasteiger partial charge is 0.0724 e. The molecule has 0 aliphatic rings. The molecular weight excluding hydrogens is 326 g/mol. The van der Waals surface area contributed by atoms with Gasteiger partial charge in [0.2, 0.25) is 0 Å². The lowest BCUT2D eigenvalue weighted by Crippen LogP contribution is -2.08. The first kappa shape index (κ1) is 13.9. The summed E-state index contributed by atoms with van der Waals surface area (Å²) >= 11 is 3.45. The van der Waals surface area contributed by atoms with Crippen LogP contribution in [0.4, 0.5) is 11.4 Å². The van der Waals surface area contributed by atoms with E-state index in [1.807, 2.05) is 36.4 Å². The van der Waals surface area contributed by atoms with Crippen molar-refractivity contribution in [2.75, 3.05) is 11.1 Å². The summed E-state index contributed by atoms with van der Waals surface area (Å²) in [4.78, 5) is 4.32. The van der Waals surface area contributed by atoms with E-state index in [1.165, 1.54) is 5.56 Å². The number of nitrogens with two attached hydrogens (primary N) is 1. The first-order chi connectivity index (χ1) is 10.1. The highest BCUT2D eigenvalue weighted by molar-refractivity contribution is 9.10. The van der Waals surface area contributed by atoms with Gasteiger partial charge < -0.3 is 11.1 Å². The van der Waals surface area contributed by atoms with Crippen molar-refractivity contribution in [1.82, 2.24) is 4.98 Å². The monoisotopic (exact) mass is 341 g/mol. The lowest BCUT2D eigenvalue weighted by atomic mass is 10.1. The third-order valence-electron chi connectivity index (χ3n) is 3.57. The predicted molar refractivity (Wildman–Crippen MR) is 92.3 cm³/mol. The number of hydrogen-bond donors (Lipinski definition) is 2. The number of nitrogen functional groups attached to an aromatic ring is 1. The van der Waals surface area contributed by atoms with Crippen LogP contribution in [0.15, 0.2) is 59.2 Å². The van der Waals surface area contributed by atoms with Crippen LogP contribution in [0.25, 0.3) is 10.9 Å². The maximum atomic E-state index is 6.26. The predicted octanol–water partition coefficient (Wildman–Crippen LogP) is 4.75. The number of aromatic nitrogens is 1. The molecule has 0 radical (unpaired) electrons. The first-order valence-corrected chi connectivity index (χ1v) is 7.59. The van der Waals surface area contributed by atoms with Gasteiger partial charge in [-0.05, 0) is 48.9 Å². The Bertz CT molecular complexity index is 769. The molecule has 0 fully saturated rings. The largest absolute Gasteiger partial charge is 0.397 e. The number of fused-ring (bicyclic) bond motifs is 1. The van der Waals surface area contributed by atoms with Crippen LogP contribution in [0.3, 0.4) is 0 Å². The van der Waals surface area contributed by atoms with Crippen LogP contribution >= 0.6 is 15.9 Å². The molecule has 3 N–H and O–H groups in total. The summed E-state index contributed by atoms with van der Waals surface area (Å²) in [6.07, 6.45) is 1.78. The Hall–Kier alpha value is -2.07. The quantitative estimate of drug-likeness (QED) is 0.675. The van der Waals surface area contributed by atoms with Crippen LogP contribution < -0.4 is 11.1 Å². The first-order valence-electron chi connectivity index (χ1n) is 6.80. The molecule has 1 aromatic heterocycles. The minimum atomic E-state index is 0.175. The van der Waals surface area contributed by atoms with Crippen molar-refractivity contribution in [3.05, 3.63) is 64.8 Å². The number of nitrogens with one attached hydrogen (secondary N) is 1. The van der Waals surface area contributed by atoms with Gasteiger partial charge in [-0.2, -0.15) is 0 Å². The van der Waals surface area contributed by atoms with Gasteiger partial charge in [-0.15, -0.1) is 0 Å². The summed E-state index contributed by atoms with van der Waals surface area (Å²) in [6.45, 7) is 2.12. The number of rotatable bonds is 3. The van der Waals surface area contributed by atoms with Crippen molar-refractivity contribution in [3.63, 3.8) is 0 Å². The fourth-order valence-corrected chi connectivity index (χ4v) is 2.63. The van der Waals surface area contributed by atoms with E-state index in [-0.39, 0.29) is 6.04 Å². The Labute approximate surface area is 132 Å². The molecule has 0 amide bonds. The van der Waals surface area contributed by atoms with Gasteiger partial charge in [-0.3, -0.25) is 4.98 Å². The van der Waals surface area contributed by atoms with Crippen LogP contribution in [0, 0.1) is 0 Å². The number of benzene rings is 2. The molecule has 0 bridgehead atoms. The zero-order chi connectivity index (χ0) is 14.8. The molecule has 0 saturated carbocycles. The van der Waals surface area contributed by atoms with E-state index in [0.717, 1.165) is 26.8 Å². The number of nitrogens with zero attached hydrogens (tertiary/aromatic N) is 1. The maximum absolute atomic E-state index is 6.26. The van der Waals surface area contributed by atoms with Crippen LogP contribution in [-0.2, 0) is 0 Å². The van der Waals surface area contributed by atoms with Crippen molar-refractivity contribution < 1.29 is 0 Å². The number of halogens is 1. The second kappa shape index (κ2) is 5.74. The molecule has 21 heavy (non-hydrogen) atoms. The van der Waals surface area contributed by atoms with E-state index in [9.17, 15) is 0 Å². The summed E-state index contributed by atoms with van der Waals surface area (Å²) in [7, 11) is 0. The zero-order valence-electron chi connectivity index (χ0n) is 11.7. The molecule has 106 valence electrons. The van der Waals surface area contributed by atoms with Gasteiger partial charge in [0.05, 0.1) is 16.9 Å². The van der Waals surface area contributed by atoms with Crippen LogP contribution in [-0.4, -0.2) is 4.98 Å². The summed E-state index contributed by atoms with van der Waals surface area (Å²) in [5.41, 5.74) is 10.1. The van der Waals surface area contributed by atoms with E-state index in [4.69, 9.17) is 5.73 Å². The van der Waals surface area contributed by atoms with Gasteiger partial charge in [0.25, 0.3) is 0 Å². The van der Waals surface area contributed by atoms with Gasteiger partial charge in [0.1, 0.15) is 0 Å². The van der Waals surface area contributed by atoms with E-state index in [0.29, 0.717) is 0 Å².